The number of aromatic nitrogens is 1. The number of aryl methyl sites for hydroxylation is 2. The van der Waals surface area contributed by atoms with Crippen LogP contribution < -0.4 is 10.1 Å². The Morgan fingerprint density at radius 3 is 2.72 bits per heavy atom. The Labute approximate surface area is 217 Å². The Balaban J connectivity index is 0.000000295. The van der Waals surface area contributed by atoms with Crippen LogP contribution >= 0.6 is 0 Å². The highest BCUT2D eigenvalue weighted by molar-refractivity contribution is 5.66. The Kier molecular flexibility index (Phi) is 14.6. The standard InChI is InChI=1S/C18H27N3O2.C9H12O2.C2H6/c22-17(23)4-2-11-21-12-9-14(13-21)5-7-16-8-6-15-3-1-10-19-18(15)20-16;1-10-7-8-11-9-5-3-2-4-6-9;1-2/h6,8,14H,1-5,7,9-13H2,(H,19,20)(H,22,23);2-6H,7-8H2,1H3;1-2H3. The molecule has 0 spiro atoms. The highest BCUT2D eigenvalue weighted by atomic mass is 16.5. The summed E-state index contributed by atoms with van der Waals surface area (Å²) >= 11 is 0. The minimum absolute atomic E-state index is 0.285. The molecule has 4 rings (SSSR count). The lowest BCUT2D eigenvalue weighted by Gasteiger charge is -2.18. The molecule has 1 atom stereocenters. The first kappa shape index (κ1) is 29.6. The number of methoxy groups -OCH3 is 1. The fraction of sp³-hybridized carbons (Fsp3) is 0.586. The summed E-state index contributed by atoms with van der Waals surface area (Å²) in [5.74, 6) is 2.03. The lowest BCUT2D eigenvalue weighted by Crippen LogP contribution is -2.22. The molecule has 0 radical (unpaired) electrons. The Hall–Kier alpha value is -2.64. The van der Waals surface area contributed by atoms with Crippen LogP contribution in [0.2, 0.25) is 0 Å². The van der Waals surface area contributed by atoms with Gasteiger partial charge in [-0.05, 0) is 81.3 Å². The van der Waals surface area contributed by atoms with Gasteiger partial charge in [0.2, 0.25) is 0 Å². The van der Waals surface area contributed by atoms with Crippen molar-refractivity contribution in [2.24, 2.45) is 5.92 Å². The quantitative estimate of drug-likeness (QED) is 0.406. The molecule has 7 heteroatoms. The van der Waals surface area contributed by atoms with Gasteiger partial charge in [0.25, 0.3) is 0 Å². The molecule has 0 saturated carbocycles. The van der Waals surface area contributed by atoms with E-state index in [-0.39, 0.29) is 6.42 Å². The van der Waals surface area contributed by atoms with Gasteiger partial charge in [-0.1, -0.05) is 38.1 Å². The number of pyridine rings is 1. The van der Waals surface area contributed by atoms with Crippen LogP contribution in [-0.4, -0.2) is 67.5 Å². The first-order valence-electron chi connectivity index (χ1n) is 13.5. The summed E-state index contributed by atoms with van der Waals surface area (Å²) in [6.45, 7) is 9.43. The zero-order valence-electron chi connectivity index (χ0n) is 22.4. The monoisotopic (exact) mass is 499 g/mol. The van der Waals surface area contributed by atoms with Gasteiger partial charge in [0.05, 0.1) is 6.61 Å². The number of carboxylic acids is 1. The van der Waals surface area contributed by atoms with Crippen molar-refractivity contribution in [3.8, 4) is 5.75 Å². The van der Waals surface area contributed by atoms with E-state index >= 15 is 0 Å². The van der Waals surface area contributed by atoms with Crippen LogP contribution in [0.4, 0.5) is 5.82 Å². The van der Waals surface area contributed by atoms with Crippen LogP contribution in [0.3, 0.4) is 0 Å². The van der Waals surface area contributed by atoms with E-state index in [1.807, 2.05) is 44.2 Å². The van der Waals surface area contributed by atoms with Gasteiger partial charge in [0.15, 0.2) is 0 Å². The number of rotatable bonds is 11. The average Bonchev–Trinajstić information content (AvgIpc) is 3.37. The van der Waals surface area contributed by atoms with Crippen LogP contribution in [0.25, 0.3) is 0 Å². The Morgan fingerprint density at radius 1 is 1.17 bits per heavy atom. The van der Waals surface area contributed by atoms with Crippen molar-refractivity contribution in [3.05, 3.63) is 53.7 Å². The maximum absolute atomic E-state index is 10.6. The van der Waals surface area contributed by atoms with Crippen molar-refractivity contribution < 1.29 is 19.4 Å². The molecule has 2 aromatic rings. The van der Waals surface area contributed by atoms with Crippen molar-refractivity contribution in [3.63, 3.8) is 0 Å². The molecule has 36 heavy (non-hydrogen) atoms. The third-order valence-electron chi connectivity index (χ3n) is 6.29. The maximum Gasteiger partial charge on any atom is 0.303 e. The van der Waals surface area contributed by atoms with Crippen molar-refractivity contribution in [1.82, 2.24) is 9.88 Å². The number of fused-ring (bicyclic) bond motifs is 1. The number of hydrogen-bond donors (Lipinski definition) is 2. The first-order valence-corrected chi connectivity index (χ1v) is 13.5. The number of carbonyl (C=O) groups is 1. The summed E-state index contributed by atoms with van der Waals surface area (Å²) in [6, 6.07) is 14.1. The molecule has 1 unspecified atom stereocenters. The predicted octanol–water partition coefficient (Wildman–Crippen LogP) is 5.30. The molecule has 1 saturated heterocycles. The zero-order chi connectivity index (χ0) is 26.0. The number of ether oxygens (including phenoxy) is 2. The summed E-state index contributed by atoms with van der Waals surface area (Å²) in [5.41, 5.74) is 2.55. The van der Waals surface area contributed by atoms with E-state index < -0.39 is 5.97 Å². The van der Waals surface area contributed by atoms with Gasteiger partial charge in [-0.25, -0.2) is 4.98 Å². The van der Waals surface area contributed by atoms with E-state index in [1.165, 1.54) is 30.5 Å². The summed E-state index contributed by atoms with van der Waals surface area (Å²) in [7, 11) is 1.66. The second-order valence-electron chi connectivity index (χ2n) is 8.99. The molecule has 1 fully saturated rings. The number of likely N-dealkylation sites (tertiary alicyclic amines) is 1. The van der Waals surface area contributed by atoms with E-state index in [0.29, 0.717) is 13.2 Å². The predicted molar refractivity (Wildman–Crippen MR) is 146 cm³/mol. The van der Waals surface area contributed by atoms with Crippen LogP contribution in [0, 0.1) is 5.92 Å². The largest absolute Gasteiger partial charge is 0.491 e. The van der Waals surface area contributed by atoms with Crippen LogP contribution in [0.1, 0.15) is 57.2 Å². The van der Waals surface area contributed by atoms with Gasteiger partial charge in [0.1, 0.15) is 18.2 Å². The fourth-order valence-corrected chi connectivity index (χ4v) is 4.43. The van der Waals surface area contributed by atoms with Gasteiger partial charge < -0.3 is 24.8 Å². The lowest BCUT2D eigenvalue weighted by atomic mass is 10.00. The van der Waals surface area contributed by atoms with E-state index in [0.717, 1.165) is 62.9 Å². The molecule has 3 heterocycles. The highest BCUT2D eigenvalue weighted by Crippen LogP contribution is 2.24. The van der Waals surface area contributed by atoms with Gasteiger partial charge in [-0.3, -0.25) is 4.79 Å². The van der Waals surface area contributed by atoms with E-state index in [4.69, 9.17) is 19.6 Å². The van der Waals surface area contributed by atoms with Crippen molar-refractivity contribution in [2.75, 3.05) is 51.8 Å². The third kappa shape index (κ3) is 11.4. The summed E-state index contributed by atoms with van der Waals surface area (Å²) in [5, 5.41) is 12.1. The molecule has 2 aliphatic rings. The first-order chi connectivity index (χ1) is 17.6. The van der Waals surface area contributed by atoms with E-state index in [1.54, 1.807) is 7.11 Å². The number of para-hydroxylation sites is 1. The van der Waals surface area contributed by atoms with Crippen molar-refractivity contribution in [1.29, 1.82) is 0 Å². The number of hydrogen-bond acceptors (Lipinski definition) is 6. The number of anilines is 1. The van der Waals surface area contributed by atoms with Crippen molar-refractivity contribution in [2.45, 2.75) is 58.8 Å². The molecular formula is C29H45N3O4. The molecule has 0 aliphatic carbocycles. The minimum atomic E-state index is -0.687. The number of nitrogens with zero attached hydrogens (tertiary/aromatic N) is 2. The molecule has 200 valence electrons. The Morgan fingerprint density at radius 2 is 1.97 bits per heavy atom. The number of nitrogens with one attached hydrogen (secondary N) is 1. The third-order valence-corrected chi connectivity index (χ3v) is 6.29. The molecule has 2 N–H and O–H groups in total. The van der Waals surface area contributed by atoms with Crippen LogP contribution in [-0.2, 0) is 22.4 Å². The smallest absolute Gasteiger partial charge is 0.303 e. The second kappa shape index (κ2) is 17.7. The molecule has 0 bridgehead atoms. The number of aliphatic carboxylic acids is 1. The van der Waals surface area contributed by atoms with E-state index in [2.05, 4.69) is 22.3 Å². The average molecular weight is 500 g/mol. The molecule has 2 aliphatic heterocycles. The van der Waals surface area contributed by atoms with Crippen LogP contribution in [0.5, 0.6) is 5.75 Å². The van der Waals surface area contributed by atoms with Gasteiger partial charge >= 0.3 is 5.97 Å². The maximum atomic E-state index is 10.6. The van der Waals surface area contributed by atoms with Crippen molar-refractivity contribution >= 4 is 11.8 Å². The number of carboxylic acid groups (broad SMARTS) is 1. The molecular weight excluding hydrogens is 454 g/mol. The fourth-order valence-electron chi connectivity index (χ4n) is 4.43. The normalized spacial score (nSPS) is 16.5. The van der Waals surface area contributed by atoms with Gasteiger partial charge in [0, 0.05) is 32.3 Å². The van der Waals surface area contributed by atoms with Crippen LogP contribution in [0.15, 0.2) is 42.5 Å². The summed E-state index contributed by atoms with van der Waals surface area (Å²) < 4.78 is 10.2. The Bertz CT molecular complexity index is 863. The van der Waals surface area contributed by atoms with E-state index in [9.17, 15) is 4.79 Å². The summed E-state index contributed by atoms with van der Waals surface area (Å²) in [6.07, 6.45) is 6.85. The summed E-state index contributed by atoms with van der Waals surface area (Å²) in [4.78, 5) is 17.8. The van der Waals surface area contributed by atoms with Gasteiger partial charge in [-0.15, -0.1) is 0 Å². The molecule has 1 aromatic carbocycles. The minimum Gasteiger partial charge on any atom is -0.491 e. The molecule has 1 aromatic heterocycles. The number of benzene rings is 1. The van der Waals surface area contributed by atoms with Gasteiger partial charge in [-0.2, -0.15) is 0 Å². The topological polar surface area (TPSA) is 83.9 Å². The molecule has 7 nitrogen and oxygen atoms in total. The zero-order valence-corrected chi connectivity index (χ0v) is 22.4. The second-order valence-corrected chi connectivity index (χ2v) is 8.99. The SMILES string of the molecule is CC.COCCOc1ccccc1.O=C(O)CCCN1CCC(CCc2ccc3c(n2)NCCC3)C1. The molecule has 0 amide bonds. The lowest BCUT2D eigenvalue weighted by molar-refractivity contribution is -0.137. The highest BCUT2D eigenvalue weighted by Gasteiger charge is 2.22.